The molecule has 4 rings (SSSR count). The molecular weight excluding hydrogens is 332 g/mol. The third-order valence-electron chi connectivity index (χ3n) is 4.22. The standard InChI is InChI=1S/C15H13ClN6O2/c1-19-10-12(20(2)15(24)21(3)13(10)23)22-11(17-18-14(19)22)8-6-4-5-7-9(8)16/h4-7H,1-3H3. The van der Waals surface area contributed by atoms with Crippen LogP contribution in [0.4, 0.5) is 0 Å². The minimum atomic E-state index is -0.418. The summed E-state index contributed by atoms with van der Waals surface area (Å²) in [6.07, 6.45) is 0. The van der Waals surface area contributed by atoms with E-state index in [-0.39, 0.29) is 5.56 Å². The second-order valence-corrected chi connectivity index (χ2v) is 5.98. The fourth-order valence-corrected chi connectivity index (χ4v) is 3.19. The van der Waals surface area contributed by atoms with Gasteiger partial charge in [-0.25, -0.2) is 9.20 Å². The highest BCUT2D eigenvalue weighted by Gasteiger charge is 2.22. The molecule has 0 spiro atoms. The first kappa shape index (κ1) is 14.7. The van der Waals surface area contributed by atoms with Crippen molar-refractivity contribution >= 4 is 28.5 Å². The van der Waals surface area contributed by atoms with E-state index in [9.17, 15) is 9.59 Å². The molecule has 9 heteroatoms. The maximum absolute atomic E-state index is 12.5. The van der Waals surface area contributed by atoms with Crippen molar-refractivity contribution in [2.45, 2.75) is 0 Å². The van der Waals surface area contributed by atoms with E-state index < -0.39 is 5.69 Å². The smallest absolute Gasteiger partial charge is 0.305 e. The second-order valence-electron chi connectivity index (χ2n) is 5.58. The van der Waals surface area contributed by atoms with Gasteiger partial charge in [-0.2, -0.15) is 0 Å². The van der Waals surface area contributed by atoms with Gasteiger partial charge in [0.1, 0.15) is 0 Å². The summed E-state index contributed by atoms with van der Waals surface area (Å²) in [6.45, 7) is 0. The van der Waals surface area contributed by atoms with Crippen LogP contribution in [-0.2, 0) is 21.1 Å². The minimum absolute atomic E-state index is 0.373. The first-order valence-electron chi connectivity index (χ1n) is 7.18. The molecule has 24 heavy (non-hydrogen) atoms. The number of nitrogens with zero attached hydrogens (tertiary/aromatic N) is 6. The molecule has 0 aliphatic carbocycles. The quantitative estimate of drug-likeness (QED) is 0.515. The molecule has 8 nitrogen and oxygen atoms in total. The van der Waals surface area contributed by atoms with Crippen LogP contribution in [0.2, 0.25) is 5.02 Å². The number of halogens is 1. The number of benzene rings is 1. The lowest BCUT2D eigenvalue weighted by Crippen LogP contribution is -2.37. The van der Waals surface area contributed by atoms with E-state index in [4.69, 9.17) is 11.6 Å². The lowest BCUT2D eigenvalue weighted by Gasteiger charge is -2.06. The topological polar surface area (TPSA) is 79.1 Å². The molecule has 0 unspecified atom stereocenters. The molecule has 0 saturated carbocycles. The van der Waals surface area contributed by atoms with Gasteiger partial charge in [0.25, 0.3) is 5.56 Å². The van der Waals surface area contributed by atoms with Crippen LogP contribution in [-0.4, -0.2) is 28.3 Å². The summed E-state index contributed by atoms with van der Waals surface area (Å²) in [7, 11) is 4.78. The molecule has 0 N–H and O–H groups in total. The Hall–Kier alpha value is -2.87. The summed E-state index contributed by atoms with van der Waals surface area (Å²) in [5.41, 5.74) is 0.677. The Morgan fingerprint density at radius 3 is 2.38 bits per heavy atom. The summed E-state index contributed by atoms with van der Waals surface area (Å²) < 4.78 is 5.79. The van der Waals surface area contributed by atoms with E-state index in [0.29, 0.717) is 33.4 Å². The molecule has 1 aromatic carbocycles. The first-order valence-corrected chi connectivity index (χ1v) is 7.55. The Labute approximate surface area is 140 Å². The summed E-state index contributed by atoms with van der Waals surface area (Å²) in [6, 6.07) is 7.22. The van der Waals surface area contributed by atoms with Crippen LogP contribution in [0.25, 0.3) is 28.3 Å². The maximum atomic E-state index is 12.5. The van der Waals surface area contributed by atoms with Crippen molar-refractivity contribution in [1.82, 2.24) is 28.3 Å². The lowest BCUT2D eigenvalue weighted by molar-refractivity contribution is 0.703. The predicted octanol–water partition coefficient (Wildman–Crippen LogP) is 0.939. The van der Waals surface area contributed by atoms with Crippen molar-refractivity contribution < 1.29 is 0 Å². The molecule has 0 radical (unpaired) electrons. The van der Waals surface area contributed by atoms with E-state index in [1.54, 1.807) is 29.1 Å². The molecule has 0 bridgehead atoms. The summed E-state index contributed by atoms with van der Waals surface area (Å²) in [5.74, 6) is 0.933. The SMILES string of the molecule is Cn1c(=O)c2c(n(C)c1=O)n1c(-c3ccccc3Cl)nnc1n2C. The molecule has 0 aliphatic rings. The van der Waals surface area contributed by atoms with Crippen LogP contribution in [0.15, 0.2) is 33.9 Å². The van der Waals surface area contributed by atoms with Gasteiger partial charge in [0.2, 0.25) is 5.78 Å². The third-order valence-corrected chi connectivity index (χ3v) is 4.55. The van der Waals surface area contributed by atoms with E-state index in [0.717, 1.165) is 4.57 Å². The molecule has 0 fully saturated rings. The summed E-state index contributed by atoms with van der Waals surface area (Å²) >= 11 is 6.28. The van der Waals surface area contributed by atoms with Crippen molar-refractivity contribution in [3.8, 4) is 11.4 Å². The van der Waals surface area contributed by atoms with E-state index >= 15 is 0 Å². The first-order chi connectivity index (χ1) is 11.4. The average Bonchev–Trinajstić information content (AvgIpc) is 3.11. The molecule has 0 saturated heterocycles. The van der Waals surface area contributed by atoms with Crippen LogP contribution in [0.1, 0.15) is 0 Å². The summed E-state index contributed by atoms with van der Waals surface area (Å²) in [5, 5.41) is 8.88. The number of hydrogen-bond donors (Lipinski definition) is 0. The second kappa shape index (κ2) is 4.81. The zero-order chi connectivity index (χ0) is 17.2. The van der Waals surface area contributed by atoms with Crippen molar-refractivity contribution in [2.75, 3.05) is 0 Å². The number of aromatic nitrogens is 6. The number of rotatable bonds is 1. The van der Waals surface area contributed by atoms with Gasteiger partial charge in [-0.05, 0) is 12.1 Å². The highest BCUT2D eigenvalue weighted by atomic mass is 35.5. The van der Waals surface area contributed by atoms with Crippen molar-refractivity contribution in [1.29, 1.82) is 0 Å². The van der Waals surface area contributed by atoms with Crippen molar-refractivity contribution in [2.24, 2.45) is 21.1 Å². The van der Waals surface area contributed by atoms with E-state index in [1.807, 2.05) is 18.2 Å². The zero-order valence-corrected chi connectivity index (χ0v) is 13.9. The van der Waals surface area contributed by atoms with Crippen LogP contribution in [0.5, 0.6) is 0 Å². The molecule has 0 amide bonds. The molecule has 4 aromatic rings. The minimum Gasteiger partial charge on any atom is -0.305 e. The Morgan fingerprint density at radius 1 is 0.958 bits per heavy atom. The van der Waals surface area contributed by atoms with Crippen molar-refractivity contribution in [3.63, 3.8) is 0 Å². The van der Waals surface area contributed by atoms with Crippen LogP contribution in [0, 0.1) is 0 Å². The highest BCUT2D eigenvalue weighted by molar-refractivity contribution is 6.33. The fourth-order valence-electron chi connectivity index (χ4n) is 2.97. The van der Waals surface area contributed by atoms with Gasteiger partial charge in [0.15, 0.2) is 17.0 Å². The average molecular weight is 345 g/mol. The van der Waals surface area contributed by atoms with Crippen LogP contribution < -0.4 is 11.2 Å². The Morgan fingerprint density at radius 2 is 1.67 bits per heavy atom. The van der Waals surface area contributed by atoms with Crippen molar-refractivity contribution in [3.05, 3.63) is 50.1 Å². The fraction of sp³-hybridized carbons (Fsp3) is 0.200. The van der Waals surface area contributed by atoms with Gasteiger partial charge in [-0.15, -0.1) is 10.2 Å². The largest absolute Gasteiger partial charge is 0.332 e. The predicted molar refractivity (Wildman–Crippen MR) is 90.4 cm³/mol. The highest BCUT2D eigenvalue weighted by Crippen LogP contribution is 2.28. The van der Waals surface area contributed by atoms with Gasteiger partial charge in [0, 0.05) is 26.7 Å². The zero-order valence-electron chi connectivity index (χ0n) is 13.2. The van der Waals surface area contributed by atoms with Gasteiger partial charge < -0.3 is 4.57 Å². The molecule has 122 valence electrons. The molecule has 0 atom stereocenters. The van der Waals surface area contributed by atoms with Gasteiger partial charge in [-0.1, -0.05) is 23.7 Å². The van der Waals surface area contributed by atoms with Gasteiger partial charge in [-0.3, -0.25) is 13.9 Å². The normalized spacial score (nSPS) is 11.7. The molecular formula is C15H13ClN6O2. The Bertz CT molecular complexity index is 1240. The number of aryl methyl sites for hydroxylation is 2. The van der Waals surface area contributed by atoms with E-state index in [2.05, 4.69) is 10.2 Å². The Balaban J connectivity index is 2.30. The third kappa shape index (κ3) is 1.68. The summed E-state index contributed by atoms with van der Waals surface area (Å²) in [4.78, 5) is 24.9. The van der Waals surface area contributed by atoms with Crippen LogP contribution in [0.3, 0.4) is 0 Å². The molecule has 0 aliphatic heterocycles. The Kier molecular flexibility index (Phi) is 2.95. The van der Waals surface area contributed by atoms with Crippen LogP contribution >= 0.6 is 11.6 Å². The van der Waals surface area contributed by atoms with Gasteiger partial charge >= 0.3 is 5.69 Å². The number of hydrogen-bond acceptors (Lipinski definition) is 4. The molecule has 3 aromatic heterocycles. The van der Waals surface area contributed by atoms with E-state index in [1.165, 1.54) is 11.6 Å². The van der Waals surface area contributed by atoms with Gasteiger partial charge in [0.05, 0.1) is 5.02 Å². The number of imidazole rings is 1. The number of fused-ring (bicyclic) bond motifs is 3. The monoisotopic (exact) mass is 344 g/mol. The lowest BCUT2D eigenvalue weighted by atomic mass is 10.2. The maximum Gasteiger partial charge on any atom is 0.332 e. The molecule has 3 heterocycles.